The van der Waals surface area contributed by atoms with E-state index in [9.17, 15) is 0 Å². The molecule has 17 heavy (non-hydrogen) atoms. The lowest BCUT2D eigenvalue weighted by Gasteiger charge is -2.28. The molecule has 0 saturated heterocycles. The van der Waals surface area contributed by atoms with Crippen molar-refractivity contribution in [3.8, 4) is 0 Å². The Balaban J connectivity index is 2.05. The van der Waals surface area contributed by atoms with Gasteiger partial charge in [-0.2, -0.15) is 0 Å². The highest BCUT2D eigenvalue weighted by atomic mass is 14.9. The Morgan fingerprint density at radius 3 is 2.24 bits per heavy atom. The minimum atomic E-state index is 0.425. The molecule has 1 unspecified atom stereocenters. The van der Waals surface area contributed by atoms with E-state index in [-0.39, 0.29) is 0 Å². The van der Waals surface area contributed by atoms with Gasteiger partial charge in [-0.3, -0.25) is 0 Å². The SMILES string of the molecule is CNC(c1cncnc1)C1CCCCCCC1. The molecular formula is C14H23N3. The first-order valence-electron chi connectivity index (χ1n) is 6.84. The predicted octanol–water partition coefficient (Wildman–Crippen LogP) is 3.10. The van der Waals surface area contributed by atoms with E-state index in [0.717, 1.165) is 5.92 Å². The minimum absolute atomic E-state index is 0.425. The molecule has 1 aromatic heterocycles. The van der Waals surface area contributed by atoms with Crippen LogP contribution < -0.4 is 5.32 Å². The average molecular weight is 233 g/mol. The highest BCUT2D eigenvalue weighted by Crippen LogP contribution is 2.32. The van der Waals surface area contributed by atoms with E-state index in [4.69, 9.17) is 0 Å². The number of aromatic nitrogens is 2. The first-order chi connectivity index (χ1) is 8.42. The van der Waals surface area contributed by atoms with E-state index >= 15 is 0 Å². The topological polar surface area (TPSA) is 37.8 Å². The van der Waals surface area contributed by atoms with E-state index in [0.29, 0.717) is 6.04 Å². The quantitative estimate of drug-likeness (QED) is 0.871. The van der Waals surface area contributed by atoms with Crippen LogP contribution in [0.2, 0.25) is 0 Å². The fourth-order valence-corrected chi connectivity index (χ4v) is 2.97. The summed E-state index contributed by atoms with van der Waals surface area (Å²) in [5.74, 6) is 0.742. The molecule has 1 N–H and O–H groups in total. The van der Waals surface area contributed by atoms with Gasteiger partial charge in [0.25, 0.3) is 0 Å². The Labute approximate surface area is 104 Å². The van der Waals surface area contributed by atoms with Gasteiger partial charge in [-0.25, -0.2) is 9.97 Å². The van der Waals surface area contributed by atoms with Crippen LogP contribution in [0, 0.1) is 5.92 Å². The molecule has 94 valence electrons. The molecule has 3 nitrogen and oxygen atoms in total. The summed E-state index contributed by atoms with van der Waals surface area (Å²) in [7, 11) is 2.05. The summed E-state index contributed by atoms with van der Waals surface area (Å²) in [5, 5.41) is 3.46. The third kappa shape index (κ3) is 3.50. The van der Waals surface area contributed by atoms with E-state index < -0.39 is 0 Å². The summed E-state index contributed by atoms with van der Waals surface area (Å²) in [6.07, 6.45) is 15.1. The summed E-state index contributed by atoms with van der Waals surface area (Å²) >= 11 is 0. The van der Waals surface area contributed by atoms with E-state index in [1.165, 1.54) is 50.5 Å². The van der Waals surface area contributed by atoms with Crippen molar-refractivity contribution < 1.29 is 0 Å². The van der Waals surface area contributed by atoms with Gasteiger partial charge in [0.15, 0.2) is 0 Å². The number of nitrogens with one attached hydrogen (secondary N) is 1. The number of hydrogen-bond acceptors (Lipinski definition) is 3. The first kappa shape index (κ1) is 12.5. The predicted molar refractivity (Wildman–Crippen MR) is 69.6 cm³/mol. The normalized spacial score (nSPS) is 20.5. The van der Waals surface area contributed by atoms with Crippen molar-refractivity contribution in [1.29, 1.82) is 0 Å². The van der Waals surface area contributed by atoms with Crippen molar-refractivity contribution >= 4 is 0 Å². The Hall–Kier alpha value is -0.960. The molecule has 0 radical (unpaired) electrons. The fourth-order valence-electron chi connectivity index (χ4n) is 2.97. The van der Waals surface area contributed by atoms with Gasteiger partial charge in [0.05, 0.1) is 0 Å². The third-order valence-electron chi connectivity index (χ3n) is 3.87. The molecule has 1 aromatic rings. The second-order valence-electron chi connectivity index (χ2n) is 5.04. The van der Waals surface area contributed by atoms with E-state index in [2.05, 4.69) is 22.3 Å². The van der Waals surface area contributed by atoms with Crippen LogP contribution in [0.5, 0.6) is 0 Å². The van der Waals surface area contributed by atoms with Gasteiger partial charge in [-0.15, -0.1) is 0 Å². The van der Waals surface area contributed by atoms with Crippen molar-refractivity contribution in [2.75, 3.05) is 7.05 Å². The fraction of sp³-hybridized carbons (Fsp3) is 0.714. The lowest BCUT2D eigenvalue weighted by atomic mass is 9.83. The molecule has 1 saturated carbocycles. The maximum atomic E-state index is 4.14. The molecule has 1 fully saturated rings. The van der Waals surface area contributed by atoms with Crippen LogP contribution in [-0.2, 0) is 0 Å². The van der Waals surface area contributed by atoms with Gasteiger partial charge in [0.2, 0.25) is 0 Å². The molecule has 1 heterocycles. The standard InChI is InChI=1S/C14H23N3/c1-15-14(13-9-16-11-17-10-13)12-7-5-3-2-4-6-8-12/h9-12,14-15H,2-8H2,1H3. The maximum absolute atomic E-state index is 4.14. The molecular weight excluding hydrogens is 210 g/mol. The van der Waals surface area contributed by atoms with Crippen molar-refractivity contribution in [1.82, 2.24) is 15.3 Å². The Morgan fingerprint density at radius 2 is 1.65 bits per heavy atom. The third-order valence-corrected chi connectivity index (χ3v) is 3.87. The summed E-state index contributed by atoms with van der Waals surface area (Å²) in [6, 6.07) is 0.425. The van der Waals surface area contributed by atoms with Crippen LogP contribution in [-0.4, -0.2) is 17.0 Å². The van der Waals surface area contributed by atoms with Gasteiger partial charge in [-0.05, 0) is 25.8 Å². The van der Waals surface area contributed by atoms with Crippen molar-refractivity contribution in [2.45, 2.75) is 51.0 Å². The minimum Gasteiger partial charge on any atom is -0.313 e. The monoisotopic (exact) mass is 233 g/mol. The van der Waals surface area contributed by atoms with Gasteiger partial charge >= 0.3 is 0 Å². The number of rotatable bonds is 3. The zero-order valence-electron chi connectivity index (χ0n) is 10.7. The van der Waals surface area contributed by atoms with Crippen LogP contribution >= 0.6 is 0 Å². The molecule has 0 amide bonds. The van der Waals surface area contributed by atoms with Gasteiger partial charge < -0.3 is 5.32 Å². The molecule has 1 atom stereocenters. The first-order valence-corrected chi connectivity index (χ1v) is 6.84. The molecule has 0 aromatic carbocycles. The van der Waals surface area contributed by atoms with Gasteiger partial charge in [0, 0.05) is 24.0 Å². The Morgan fingerprint density at radius 1 is 1.06 bits per heavy atom. The lowest BCUT2D eigenvalue weighted by molar-refractivity contribution is 0.298. The smallest absolute Gasteiger partial charge is 0.115 e. The zero-order valence-corrected chi connectivity index (χ0v) is 10.7. The molecule has 1 aliphatic carbocycles. The number of hydrogen-bond donors (Lipinski definition) is 1. The summed E-state index contributed by atoms with van der Waals surface area (Å²) in [6.45, 7) is 0. The van der Waals surface area contributed by atoms with Gasteiger partial charge in [0.1, 0.15) is 6.33 Å². The molecule has 3 heteroatoms. The summed E-state index contributed by atoms with van der Waals surface area (Å²) < 4.78 is 0. The van der Waals surface area contributed by atoms with Crippen LogP contribution in [0.4, 0.5) is 0 Å². The van der Waals surface area contributed by atoms with E-state index in [1.807, 2.05) is 12.4 Å². The van der Waals surface area contributed by atoms with E-state index in [1.54, 1.807) is 6.33 Å². The summed E-state index contributed by atoms with van der Waals surface area (Å²) in [5.41, 5.74) is 1.24. The zero-order chi connectivity index (χ0) is 11.9. The lowest BCUT2D eigenvalue weighted by Crippen LogP contribution is -2.26. The molecule has 0 aliphatic heterocycles. The maximum Gasteiger partial charge on any atom is 0.115 e. The average Bonchev–Trinajstić information content (AvgIpc) is 2.34. The second-order valence-corrected chi connectivity index (χ2v) is 5.04. The molecule has 1 aliphatic rings. The largest absolute Gasteiger partial charge is 0.313 e. The van der Waals surface area contributed by atoms with Crippen molar-refractivity contribution in [3.05, 3.63) is 24.3 Å². The number of nitrogens with zero attached hydrogens (tertiary/aromatic N) is 2. The molecule has 0 spiro atoms. The Bertz CT molecular complexity index is 305. The highest BCUT2D eigenvalue weighted by molar-refractivity contribution is 5.10. The van der Waals surface area contributed by atoms with Crippen molar-refractivity contribution in [3.63, 3.8) is 0 Å². The second kappa shape index (κ2) is 6.70. The molecule has 2 rings (SSSR count). The van der Waals surface area contributed by atoms with Crippen molar-refractivity contribution in [2.24, 2.45) is 5.92 Å². The van der Waals surface area contributed by atoms with Gasteiger partial charge in [-0.1, -0.05) is 32.1 Å². The van der Waals surface area contributed by atoms with Crippen LogP contribution in [0.25, 0.3) is 0 Å². The van der Waals surface area contributed by atoms with Crippen LogP contribution in [0.1, 0.15) is 56.6 Å². The Kier molecular flexibility index (Phi) is 4.92. The van der Waals surface area contributed by atoms with Crippen LogP contribution in [0.3, 0.4) is 0 Å². The molecule has 0 bridgehead atoms. The van der Waals surface area contributed by atoms with Crippen LogP contribution in [0.15, 0.2) is 18.7 Å². The highest BCUT2D eigenvalue weighted by Gasteiger charge is 2.22. The summed E-state index contributed by atoms with van der Waals surface area (Å²) in [4.78, 5) is 8.28.